The minimum absolute atomic E-state index is 0.140. The van der Waals surface area contributed by atoms with Crippen LogP contribution in [-0.4, -0.2) is 24.0 Å². The third-order valence-corrected chi connectivity index (χ3v) is 3.20. The van der Waals surface area contributed by atoms with E-state index in [-0.39, 0.29) is 11.9 Å². The molecule has 2 rings (SSSR count). The van der Waals surface area contributed by atoms with Crippen molar-refractivity contribution in [2.45, 2.75) is 19.0 Å². The van der Waals surface area contributed by atoms with Crippen molar-refractivity contribution in [2.75, 3.05) is 13.1 Å². The van der Waals surface area contributed by atoms with Crippen LogP contribution in [-0.2, 0) is 6.54 Å². The molecule has 4 heteroatoms. The summed E-state index contributed by atoms with van der Waals surface area (Å²) in [6.07, 6.45) is 1.01. The van der Waals surface area contributed by atoms with E-state index < -0.39 is 0 Å². The van der Waals surface area contributed by atoms with Crippen molar-refractivity contribution in [3.05, 3.63) is 34.1 Å². The zero-order valence-electron chi connectivity index (χ0n) is 8.42. The molecule has 2 nitrogen and oxygen atoms in total. The molecule has 0 saturated carbocycles. The SMILES string of the molecule is N[C@@H]1CCN(Cc2cc(Br)ccc2F)C1. The first-order chi connectivity index (χ1) is 7.15. The van der Waals surface area contributed by atoms with Gasteiger partial charge < -0.3 is 5.73 Å². The van der Waals surface area contributed by atoms with Crippen molar-refractivity contribution in [2.24, 2.45) is 5.73 Å². The van der Waals surface area contributed by atoms with Gasteiger partial charge in [0.15, 0.2) is 0 Å². The summed E-state index contributed by atoms with van der Waals surface area (Å²) in [4.78, 5) is 2.19. The lowest BCUT2D eigenvalue weighted by Gasteiger charge is -2.15. The maximum atomic E-state index is 13.4. The van der Waals surface area contributed by atoms with Crippen LogP contribution in [0.5, 0.6) is 0 Å². The van der Waals surface area contributed by atoms with Crippen molar-refractivity contribution in [3.8, 4) is 0 Å². The van der Waals surface area contributed by atoms with Crippen LogP contribution >= 0.6 is 15.9 Å². The van der Waals surface area contributed by atoms with Crippen LogP contribution in [0.3, 0.4) is 0 Å². The zero-order valence-corrected chi connectivity index (χ0v) is 10.0. The highest BCUT2D eigenvalue weighted by molar-refractivity contribution is 9.10. The standard InChI is InChI=1S/C11H14BrFN2/c12-9-1-2-11(13)8(5-9)6-15-4-3-10(14)7-15/h1-2,5,10H,3-4,6-7,14H2/t10-/m1/s1. The highest BCUT2D eigenvalue weighted by atomic mass is 79.9. The fourth-order valence-electron chi connectivity index (χ4n) is 1.91. The van der Waals surface area contributed by atoms with Crippen molar-refractivity contribution in [1.29, 1.82) is 0 Å². The maximum absolute atomic E-state index is 13.4. The van der Waals surface area contributed by atoms with Crippen LogP contribution in [0.4, 0.5) is 4.39 Å². The largest absolute Gasteiger partial charge is 0.326 e. The molecule has 0 radical (unpaired) electrons. The van der Waals surface area contributed by atoms with E-state index in [0.29, 0.717) is 6.54 Å². The van der Waals surface area contributed by atoms with E-state index in [4.69, 9.17) is 5.73 Å². The Morgan fingerprint density at radius 2 is 2.33 bits per heavy atom. The van der Waals surface area contributed by atoms with Gasteiger partial charge in [-0.2, -0.15) is 0 Å². The molecule has 0 aromatic heterocycles. The fourth-order valence-corrected chi connectivity index (χ4v) is 2.32. The van der Waals surface area contributed by atoms with E-state index in [9.17, 15) is 4.39 Å². The van der Waals surface area contributed by atoms with Crippen LogP contribution < -0.4 is 5.73 Å². The Bertz CT molecular complexity index is 356. The van der Waals surface area contributed by atoms with Gasteiger partial charge in [0.25, 0.3) is 0 Å². The lowest BCUT2D eigenvalue weighted by molar-refractivity contribution is 0.321. The molecule has 15 heavy (non-hydrogen) atoms. The molecule has 0 amide bonds. The van der Waals surface area contributed by atoms with Crippen molar-refractivity contribution in [1.82, 2.24) is 4.90 Å². The number of halogens is 2. The highest BCUT2D eigenvalue weighted by Gasteiger charge is 2.19. The number of benzene rings is 1. The summed E-state index contributed by atoms with van der Waals surface area (Å²) >= 11 is 3.35. The van der Waals surface area contributed by atoms with Crippen LogP contribution in [0.1, 0.15) is 12.0 Å². The minimum atomic E-state index is -0.140. The summed E-state index contributed by atoms with van der Waals surface area (Å²) < 4.78 is 14.4. The molecular weight excluding hydrogens is 259 g/mol. The molecule has 1 atom stereocenters. The number of hydrogen-bond donors (Lipinski definition) is 1. The van der Waals surface area contributed by atoms with Crippen molar-refractivity contribution >= 4 is 15.9 Å². The molecule has 0 spiro atoms. The Kier molecular flexibility index (Phi) is 3.38. The Labute approximate surface area is 97.4 Å². The molecular formula is C11H14BrFN2. The molecule has 1 heterocycles. The van der Waals surface area contributed by atoms with Gasteiger partial charge in [0.05, 0.1) is 0 Å². The summed E-state index contributed by atoms with van der Waals surface area (Å²) in [6.45, 7) is 2.48. The Morgan fingerprint density at radius 1 is 1.53 bits per heavy atom. The number of hydrogen-bond acceptors (Lipinski definition) is 2. The van der Waals surface area contributed by atoms with Gasteiger partial charge in [-0.1, -0.05) is 15.9 Å². The summed E-state index contributed by atoms with van der Waals surface area (Å²) in [5, 5.41) is 0. The average molecular weight is 273 g/mol. The lowest BCUT2D eigenvalue weighted by atomic mass is 10.2. The average Bonchev–Trinajstić information content (AvgIpc) is 2.58. The van der Waals surface area contributed by atoms with Gasteiger partial charge in [-0.05, 0) is 24.6 Å². The molecule has 0 aliphatic carbocycles. The monoisotopic (exact) mass is 272 g/mol. The molecule has 2 N–H and O–H groups in total. The Hall–Kier alpha value is -0.450. The molecule has 1 aliphatic heterocycles. The van der Waals surface area contributed by atoms with Gasteiger partial charge in [0.1, 0.15) is 5.82 Å². The Balaban J connectivity index is 2.07. The maximum Gasteiger partial charge on any atom is 0.127 e. The van der Waals surface area contributed by atoms with Gasteiger partial charge in [-0.3, -0.25) is 4.90 Å². The van der Waals surface area contributed by atoms with Crippen molar-refractivity contribution in [3.63, 3.8) is 0 Å². The van der Waals surface area contributed by atoms with E-state index >= 15 is 0 Å². The van der Waals surface area contributed by atoms with Gasteiger partial charge in [0.2, 0.25) is 0 Å². The highest BCUT2D eigenvalue weighted by Crippen LogP contribution is 2.19. The summed E-state index contributed by atoms with van der Waals surface area (Å²) in [6, 6.07) is 5.29. The van der Waals surface area contributed by atoms with E-state index in [2.05, 4.69) is 20.8 Å². The first-order valence-electron chi connectivity index (χ1n) is 5.07. The molecule has 1 fully saturated rings. The molecule has 1 saturated heterocycles. The fraction of sp³-hybridized carbons (Fsp3) is 0.455. The van der Waals surface area contributed by atoms with Gasteiger partial charge in [-0.15, -0.1) is 0 Å². The van der Waals surface area contributed by atoms with Crippen LogP contribution in [0.2, 0.25) is 0 Å². The quantitative estimate of drug-likeness (QED) is 0.894. The number of likely N-dealkylation sites (tertiary alicyclic amines) is 1. The van der Waals surface area contributed by atoms with E-state index in [1.54, 1.807) is 6.07 Å². The van der Waals surface area contributed by atoms with Crippen LogP contribution in [0, 0.1) is 5.82 Å². The van der Waals surface area contributed by atoms with Crippen LogP contribution in [0.15, 0.2) is 22.7 Å². The first-order valence-corrected chi connectivity index (χ1v) is 5.86. The van der Waals surface area contributed by atoms with E-state index in [0.717, 1.165) is 29.5 Å². The van der Waals surface area contributed by atoms with Gasteiger partial charge >= 0.3 is 0 Å². The summed E-state index contributed by atoms with van der Waals surface area (Å²) in [5.74, 6) is -0.140. The topological polar surface area (TPSA) is 29.3 Å². The van der Waals surface area contributed by atoms with E-state index in [1.165, 1.54) is 6.07 Å². The number of nitrogens with two attached hydrogens (primary N) is 1. The van der Waals surface area contributed by atoms with Crippen molar-refractivity contribution < 1.29 is 4.39 Å². The molecule has 1 aromatic carbocycles. The molecule has 0 bridgehead atoms. The Morgan fingerprint density at radius 3 is 3.00 bits per heavy atom. The zero-order chi connectivity index (χ0) is 10.8. The second kappa shape index (κ2) is 4.60. The lowest BCUT2D eigenvalue weighted by Crippen LogP contribution is -2.26. The molecule has 1 aromatic rings. The third-order valence-electron chi connectivity index (χ3n) is 2.71. The third kappa shape index (κ3) is 2.77. The normalized spacial score (nSPS) is 22.2. The minimum Gasteiger partial charge on any atom is -0.326 e. The van der Waals surface area contributed by atoms with Gasteiger partial charge in [-0.25, -0.2) is 4.39 Å². The predicted octanol–water partition coefficient (Wildman–Crippen LogP) is 2.12. The first kappa shape index (κ1) is 11.0. The van der Waals surface area contributed by atoms with Crippen LogP contribution in [0.25, 0.3) is 0 Å². The van der Waals surface area contributed by atoms with Gasteiger partial charge in [0, 0.05) is 35.7 Å². The van der Waals surface area contributed by atoms with E-state index in [1.807, 2.05) is 6.07 Å². The number of rotatable bonds is 2. The summed E-state index contributed by atoms with van der Waals surface area (Å²) in [5.41, 5.74) is 6.54. The molecule has 82 valence electrons. The second-order valence-corrected chi connectivity index (χ2v) is 4.94. The molecule has 0 unspecified atom stereocenters. The predicted molar refractivity (Wildman–Crippen MR) is 62.0 cm³/mol. The smallest absolute Gasteiger partial charge is 0.127 e. The number of nitrogens with zero attached hydrogens (tertiary/aromatic N) is 1. The summed E-state index contributed by atoms with van der Waals surface area (Å²) in [7, 11) is 0. The molecule has 1 aliphatic rings. The second-order valence-electron chi connectivity index (χ2n) is 4.02.